The Kier molecular flexibility index (Phi) is 2.58. The fourth-order valence-electron chi connectivity index (χ4n) is 5.09. The van der Waals surface area contributed by atoms with Gasteiger partial charge in [-0.2, -0.15) is 8.42 Å². The van der Waals surface area contributed by atoms with Crippen LogP contribution in [0.25, 0.3) is 0 Å². The Morgan fingerprint density at radius 3 is 1.88 bits per heavy atom. The van der Waals surface area contributed by atoms with Gasteiger partial charge in [0.05, 0.1) is 5.75 Å². The van der Waals surface area contributed by atoms with Crippen LogP contribution in [-0.2, 0) is 10.1 Å². The van der Waals surface area contributed by atoms with Gasteiger partial charge in [0.2, 0.25) is 0 Å². The van der Waals surface area contributed by atoms with Crippen molar-refractivity contribution in [3.8, 4) is 0 Å². The van der Waals surface area contributed by atoms with Crippen molar-refractivity contribution in [1.82, 2.24) is 0 Å². The summed E-state index contributed by atoms with van der Waals surface area (Å²) in [5, 5.41) is 0. The Balaban J connectivity index is 1.94. The van der Waals surface area contributed by atoms with Crippen molar-refractivity contribution in [3.63, 3.8) is 0 Å². The van der Waals surface area contributed by atoms with E-state index in [1.54, 1.807) is 0 Å². The molecule has 0 unspecified atom stereocenters. The Morgan fingerprint density at radius 1 is 1.06 bits per heavy atom. The lowest BCUT2D eigenvalue weighted by atomic mass is 9.46. The van der Waals surface area contributed by atoms with E-state index in [4.69, 9.17) is 5.73 Å². The summed E-state index contributed by atoms with van der Waals surface area (Å²) < 4.78 is 31.8. The predicted octanol–water partition coefficient (Wildman–Crippen LogP) is 1.28. The van der Waals surface area contributed by atoms with Gasteiger partial charge in [-0.15, -0.1) is 0 Å². The fourth-order valence-corrected chi connectivity index (χ4v) is 6.36. The smallest absolute Gasteiger partial charge is 0.265 e. The highest BCUT2D eigenvalue weighted by Gasteiger charge is 2.57. The molecule has 0 radical (unpaired) electrons. The summed E-state index contributed by atoms with van der Waals surface area (Å²) in [4.78, 5) is 0. The van der Waals surface area contributed by atoms with Gasteiger partial charge in [0.15, 0.2) is 0 Å². The lowest BCUT2D eigenvalue weighted by Gasteiger charge is -2.60. The number of hydrogen-bond donors (Lipinski definition) is 2. The first kappa shape index (κ1) is 11.9. The maximum atomic E-state index is 11.3. The van der Waals surface area contributed by atoms with E-state index in [1.807, 2.05) is 0 Å². The predicted molar refractivity (Wildman–Crippen MR) is 64.9 cm³/mol. The van der Waals surface area contributed by atoms with Crippen molar-refractivity contribution >= 4 is 10.1 Å². The first-order valence-corrected chi connectivity index (χ1v) is 8.19. The first-order chi connectivity index (χ1) is 7.93. The second-order valence-electron chi connectivity index (χ2n) is 6.47. The van der Waals surface area contributed by atoms with Gasteiger partial charge in [-0.25, -0.2) is 0 Å². The third-order valence-electron chi connectivity index (χ3n) is 5.60. The largest absolute Gasteiger partial charge is 0.330 e. The molecule has 0 atom stereocenters. The van der Waals surface area contributed by atoms with Crippen molar-refractivity contribution in [2.24, 2.45) is 34.8 Å². The van der Waals surface area contributed by atoms with Crippen LogP contribution in [0.15, 0.2) is 0 Å². The second-order valence-corrected chi connectivity index (χ2v) is 7.92. The molecule has 0 heterocycles. The van der Waals surface area contributed by atoms with Crippen LogP contribution < -0.4 is 5.73 Å². The summed E-state index contributed by atoms with van der Waals surface area (Å²) in [6.07, 6.45) is 5.83. The Bertz CT molecular complexity index is 389. The lowest BCUT2D eigenvalue weighted by Crippen LogP contribution is -2.58. The number of nitrogens with two attached hydrogens (primary N) is 1. The zero-order valence-corrected chi connectivity index (χ0v) is 10.8. The zero-order chi connectivity index (χ0) is 12.3. The van der Waals surface area contributed by atoms with E-state index in [-0.39, 0.29) is 11.2 Å². The molecular weight excluding hydrogens is 238 g/mol. The minimum atomic E-state index is -3.92. The maximum absolute atomic E-state index is 11.3. The first-order valence-electron chi connectivity index (χ1n) is 6.58. The summed E-state index contributed by atoms with van der Waals surface area (Å²) in [5.41, 5.74) is 5.59. The van der Waals surface area contributed by atoms with Crippen molar-refractivity contribution in [3.05, 3.63) is 0 Å². The SMILES string of the molecule is NCC1(CS(=O)(=O)O)C2CC3CC(C2)CC1C3. The molecule has 4 rings (SSSR count). The molecule has 0 aromatic heterocycles. The van der Waals surface area contributed by atoms with Gasteiger partial charge >= 0.3 is 0 Å². The molecule has 4 aliphatic rings. The highest BCUT2D eigenvalue weighted by atomic mass is 32.2. The Labute approximate surface area is 103 Å². The normalized spacial score (nSPS) is 48.6. The van der Waals surface area contributed by atoms with Crippen molar-refractivity contribution in [2.75, 3.05) is 12.3 Å². The minimum absolute atomic E-state index is 0.120. The summed E-state index contributed by atoms with van der Waals surface area (Å²) in [5.74, 6) is 2.30. The van der Waals surface area contributed by atoms with E-state index >= 15 is 0 Å². The van der Waals surface area contributed by atoms with Crippen molar-refractivity contribution in [2.45, 2.75) is 32.1 Å². The van der Waals surface area contributed by atoms with Crippen LogP contribution in [-0.4, -0.2) is 25.3 Å². The van der Waals surface area contributed by atoms with E-state index in [9.17, 15) is 13.0 Å². The topological polar surface area (TPSA) is 80.4 Å². The van der Waals surface area contributed by atoms with E-state index < -0.39 is 10.1 Å². The summed E-state index contributed by atoms with van der Waals surface area (Å²) in [7, 11) is -3.92. The molecule has 0 saturated heterocycles. The van der Waals surface area contributed by atoms with Gasteiger partial charge in [-0.05, 0) is 62.3 Å². The molecule has 0 amide bonds. The molecular formula is C12H21NO3S. The molecule has 4 bridgehead atoms. The average Bonchev–Trinajstić information content (AvgIpc) is 2.21. The fraction of sp³-hybridized carbons (Fsp3) is 1.00. The van der Waals surface area contributed by atoms with Gasteiger partial charge in [-0.3, -0.25) is 4.55 Å². The highest BCUT2D eigenvalue weighted by molar-refractivity contribution is 7.85. The summed E-state index contributed by atoms with van der Waals surface area (Å²) in [6, 6.07) is 0. The van der Waals surface area contributed by atoms with Gasteiger partial charge in [0, 0.05) is 5.41 Å². The summed E-state index contributed by atoms with van der Waals surface area (Å²) >= 11 is 0. The van der Waals surface area contributed by atoms with Crippen LogP contribution in [0.4, 0.5) is 0 Å². The average molecular weight is 259 g/mol. The van der Waals surface area contributed by atoms with Gasteiger partial charge in [0.1, 0.15) is 0 Å². The lowest BCUT2D eigenvalue weighted by molar-refractivity contribution is -0.0911. The Morgan fingerprint density at radius 2 is 1.53 bits per heavy atom. The van der Waals surface area contributed by atoms with Gasteiger partial charge in [0.25, 0.3) is 10.1 Å². The molecule has 5 heteroatoms. The molecule has 0 aromatic rings. The standard InChI is InChI=1S/C12H21NO3S/c13-6-12(7-17(14,15)16)10-2-8-1-9(4-10)5-11(12)3-8/h8-11H,1-7,13H2,(H,14,15,16). The molecule has 3 N–H and O–H groups in total. The quantitative estimate of drug-likeness (QED) is 0.748. The monoisotopic (exact) mass is 259 g/mol. The molecule has 4 aliphatic carbocycles. The molecule has 4 saturated carbocycles. The van der Waals surface area contributed by atoms with Crippen LogP contribution in [0.5, 0.6) is 0 Å². The highest BCUT2D eigenvalue weighted by Crippen LogP contribution is 2.62. The molecule has 4 fully saturated rings. The van der Waals surface area contributed by atoms with Crippen LogP contribution in [0.3, 0.4) is 0 Å². The van der Waals surface area contributed by atoms with Crippen LogP contribution >= 0.6 is 0 Å². The van der Waals surface area contributed by atoms with Gasteiger partial charge in [-0.1, -0.05) is 0 Å². The molecule has 0 aromatic carbocycles. The molecule has 17 heavy (non-hydrogen) atoms. The van der Waals surface area contributed by atoms with Gasteiger partial charge < -0.3 is 5.73 Å². The molecule has 0 aliphatic heterocycles. The maximum Gasteiger partial charge on any atom is 0.265 e. The number of rotatable bonds is 3. The summed E-state index contributed by atoms with van der Waals surface area (Å²) in [6.45, 7) is 0.404. The van der Waals surface area contributed by atoms with E-state index in [0.29, 0.717) is 18.4 Å². The second kappa shape index (κ2) is 3.68. The molecule has 0 spiro atoms. The van der Waals surface area contributed by atoms with Crippen molar-refractivity contribution in [1.29, 1.82) is 0 Å². The van der Waals surface area contributed by atoms with E-state index in [2.05, 4.69) is 0 Å². The third kappa shape index (κ3) is 1.83. The van der Waals surface area contributed by atoms with Crippen molar-refractivity contribution < 1.29 is 13.0 Å². The Hall–Kier alpha value is -0.130. The van der Waals surface area contributed by atoms with Crippen LogP contribution in [0.2, 0.25) is 0 Å². The minimum Gasteiger partial charge on any atom is -0.330 e. The molecule has 98 valence electrons. The zero-order valence-electron chi connectivity index (χ0n) is 10.0. The van der Waals surface area contributed by atoms with E-state index in [1.165, 1.54) is 6.42 Å². The number of hydrogen-bond acceptors (Lipinski definition) is 3. The van der Waals surface area contributed by atoms with Crippen LogP contribution in [0.1, 0.15) is 32.1 Å². The van der Waals surface area contributed by atoms with E-state index in [0.717, 1.165) is 37.5 Å². The van der Waals surface area contributed by atoms with Crippen LogP contribution in [0, 0.1) is 29.1 Å². The molecule has 4 nitrogen and oxygen atoms in total. The third-order valence-corrected chi connectivity index (χ3v) is 6.50.